The van der Waals surface area contributed by atoms with Crippen molar-refractivity contribution in [1.29, 1.82) is 0 Å². The van der Waals surface area contributed by atoms with E-state index in [9.17, 15) is 4.79 Å². The Kier molecular flexibility index (Phi) is 3.96. The number of rotatable bonds is 3. The van der Waals surface area contributed by atoms with E-state index in [1.54, 1.807) is 0 Å². The summed E-state index contributed by atoms with van der Waals surface area (Å²) in [4.78, 5) is 13.6. The number of aromatic nitrogens is 3. The average Bonchev–Trinajstić information content (AvgIpc) is 2.98. The fourth-order valence-electron chi connectivity index (χ4n) is 1.81. The first-order chi connectivity index (χ1) is 10.2. The van der Waals surface area contributed by atoms with Crippen LogP contribution in [0.15, 0.2) is 60.8 Å². The van der Waals surface area contributed by atoms with Crippen molar-refractivity contribution in [2.45, 2.75) is 0 Å². The summed E-state index contributed by atoms with van der Waals surface area (Å²) in [6.07, 6.45) is 1.45. The van der Waals surface area contributed by atoms with Gasteiger partial charge in [0.05, 0.1) is 11.9 Å². The zero-order valence-electron chi connectivity index (χ0n) is 10.9. The molecule has 0 aliphatic heterocycles. The number of carbonyl (C=O) groups is 1. The minimum absolute atomic E-state index is 0.276. The monoisotopic (exact) mass is 390 g/mol. The second-order valence-electron chi connectivity index (χ2n) is 4.32. The molecule has 3 rings (SSSR count). The van der Waals surface area contributed by atoms with Crippen LogP contribution in [0.3, 0.4) is 0 Å². The van der Waals surface area contributed by atoms with Crippen LogP contribution in [0, 0.1) is 3.57 Å². The number of anilines is 1. The van der Waals surface area contributed by atoms with Gasteiger partial charge in [-0.15, -0.1) is 5.10 Å². The summed E-state index contributed by atoms with van der Waals surface area (Å²) in [6, 6.07) is 17.0. The minimum atomic E-state index is -0.279. The molecule has 0 atom stereocenters. The lowest BCUT2D eigenvalue weighted by molar-refractivity contribution is 0.102. The van der Waals surface area contributed by atoms with Crippen LogP contribution in [0.25, 0.3) is 5.69 Å². The van der Waals surface area contributed by atoms with Crippen LogP contribution in [0.2, 0.25) is 0 Å². The fourth-order valence-corrected chi connectivity index (χ4v) is 2.36. The van der Waals surface area contributed by atoms with E-state index in [2.05, 4.69) is 38.1 Å². The van der Waals surface area contributed by atoms with Gasteiger partial charge in [-0.2, -0.15) is 9.90 Å². The lowest BCUT2D eigenvalue weighted by Gasteiger charge is -2.03. The van der Waals surface area contributed by atoms with Gasteiger partial charge in [-0.25, -0.2) is 0 Å². The highest BCUT2D eigenvalue weighted by atomic mass is 127. The van der Waals surface area contributed by atoms with Crippen LogP contribution in [0.1, 0.15) is 10.5 Å². The molecule has 104 valence electrons. The van der Waals surface area contributed by atoms with Gasteiger partial charge >= 0.3 is 0 Å². The van der Waals surface area contributed by atoms with E-state index in [1.165, 1.54) is 11.0 Å². The Morgan fingerprint density at radius 3 is 2.67 bits per heavy atom. The van der Waals surface area contributed by atoms with E-state index in [0.29, 0.717) is 0 Å². The van der Waals surface area contributed by atoms with Crippen molar-refractivity contribution in [3.63, 3.8) is 0 Å². The molecule has 0 bridgehead atoms. The first kappa shape index (κ1) is 13.7. The van der Waals surface area contributed by atoms with E-state index >= 15 is 0 Å². The van der Waals surface area contributed by atoms with Gasteiger partial charge in [0.15, 0.2) is 5.69 Å². The quantitative estimate of drug-likeness (QED) is 0.700. The standard InChI is InChI=1S/C15H11IN4O/c16-11-5-4-6-12(9-11)18-15(21)14-10-17-20(19-14)13-7-2-1-3-8-13/h1-10H,(H,18,21). The summed E-state index contributed by atoms with van der Waals surface area (Å²) in [5, 5.41) is 11.1. The second kappa shape index (κ2) is 6.04. The Labute approximate surface area is 135 Å². The number of para-hydroxylation sites is 1. The first-order valence-corrected chi connectivity index (χ1v) is 7.35. The van der Waals surface area contributed by atoms with E-state index in [1.807, 2.05) is 54.6 Å². The molecule has 0 unspecified atom stereocenters. The summed E-state index contributed by atoms with van der Waals surface area (Å²) in [6.45, 7) is 0. The predicted molar refractivity (Wildman–Crippen MR) is 88.5 cm³/mol. The predicted octanol–water partition coefficient (Wildman–Crippen LogP) is 3.12. The Morgan fingerprint density at radius 1 is 1.10 bits per heavy atom. The summed E-state index contributed by atoms with van der Waals surface area (Å²) in [5.41, 5.74) is 1.82. The van der Waals surface area contributed by atoms with Crippen LogP contribution >= 0.6 is 22.6 Å². The zero-order valence-corrected chi connectivity index (χ0v) is 13.1. The maximum atomic E-state index is 12.1. The smallest absolute Gasteiger partial charge is 0.277 e. The molecule has 0 radical (unpaired) electrons. The molecule has 2 aromatic carbocycles. The molecule has 1 heterocycles. The van der Waals surface area contributed by atoms with E-state index in [0.717, 1.165) is 14.9 Å². The van der Waals surface area contributed by atoms with Gasteiger partial charge in [0.1, 0.15) is 0 Å². The molecule has 0 fully saturated rings. The van der Waals surface area contributed by atoms with Crippen molar-refractivity contribution in [2.75, 3.05) is 5.32 Å². The normalized spacial score (nSPS) is 10.3. The molecule has 0 saturated heterocycles. The Hall–Kier alpha value is -2.22. The first-order valence-electron chi connectivity index (χ1n) is 6.27. The van der Waals surface area contributed by atoms with Gasteiger partial charge in [-0.05, 0) is 52.9 Å². The molecule has 0 aliphatic rings. The van der Waals surface area contributed by atoms with Gasteiger partial charge < -0.3 is 5.32 Å². The topological polar surface area (TPSA) is 59.8 Å². The zero-order chi connectivity index (χ0) is 14.7. The van der Waals surface area contributed by atoms with Gasteiger partial charge in [0, 0.05) is 9.26 Å². The number of benzene rings is 2. The Bertz CT molecular complexity index is 770. The van der Waals surface area contributed by atoms with Crippen molar-refractivity contribution < 1.29 is 4.79 Å². The third kappa shape index (κ3) is 3.27. The van der Waals surface area contributed by atoms with Gasteiger partial charge in [0.25, 0.3) is 5.91 Å². The maximum Gasteiger partial charge on any atom is 0.277 e. The Balaban J connectivity index is 1.78. The average molecular weight is 390 g/mol. The molecule has 6 heteroatoms. The van der Waals surface area contributed by atoms with Crippen LogP contribution < -0.4 is 5.32 Å². The summed E-state index contributed by atoms with van der Waals surface area (Å²) < 4.78 is 1.05. The number of hydrogen-bond acceptors (Lipinski definition) is 3. The summed E-state index contributed by atoms with van der Waals surface area (Å²) >= 11 is 2.20. The van der Waals surface area contributed by atoms with Gasteiger partial charge in [0.2, 0.25) is 0 Å². The van der Waals surface area contributed by atoms with Crippen LogP contribution in [-0.4, -0.2) is 20.9 Å². The van der Waals surface area contributed by atoms with Crippen molar-refractivity contribution in [2.24, 2.45) is 0 Å². The van der Waals surface area contributed by atoms with Crippen LogP contribution in [0.4, 0.5) is 5.69 Å². The molecular formula is C15H11IN4O. The van der Waals surface area contributed by atoms with E-state index < -0.39 is 0 Å². The molecule has 3 aromatic rings. The number of halogens is 1. The maximum absolute atomic E-state index is 12.1. The molecule has 1 aromatic heterocycles. The minimum Gasteiger partial charge on any atom is -0.321 e. The van der Waals surface area contributed by atoms with Crippen molar-refractivity contribution >= 4 is 34.2 Å². The van der Waals surface area contributed by atoms with Crippen LogP contribution in [0.5, 0.6) is 0 Å². The molecule has 0 aliphatic carbocycles. The van der Waals surface area contributed by atoms with Gasteiger partial charge in [-0.3, -0.25) is 4.79 Å². The number of amides is 1. The molecular weight excluding hydrogens is 379 g/mol. The fraction of sp³-hybridized carbons (Fsp3) is 0. The number of hydrogen-bond donors (Lipinski definition) is 1. The summed E-state index contributed by atoms with van der Waals surface area (Å²) in [7, 11) is 0. The molecule has 5 nitrogen and oxygen atoms in total. The highest BCUT2D eigenvalue weighted by Gasteiger charge is 2.11. The lowest BCUT2D eigenvalue weighted by atomic mass is 10.3. The second-order valence-corrected chi connectivity index (χ2v) is 5.56. The highest BCUT2D eigenvalue weighted by Crippen LogP contribution is 2.13. The molecule has 0 spiro atoms. The molecule has 1 amide bonds. The third-order valence-electron chi connectivity index (χ3n) is 2.79. The van der Waals surface area contributed by atoms with E-state index in [4.69, 9.17) is 0 Å². The summed E-state index contributed by atoms with van der Waals surface area (Å²) in [5.74, 6) is -0.279. The van der Waals surface area contributed by atoms with Crippen LogP contribution in [-0.2, 0) is 0 Å². The lowest BCUT2D eigenvalue weighted by Crippen LogP contribution is -2.13. The number of nitrogens with one attached hydrogen (secondary N) is 1. The van der Waals surface area contributed by atoms with Crippen molar-refractivity contribution in [3.05, 3.63) is 70.1 Å². The Morgan fingerprint density at radius 2 is 1.90 bits per heavy atom. The van der Waals surface area contributed by atoms with E-state index in [-0.39, 0.29) is 11.6 Å². The SMILES string of the molecule is O=C(Nc1cccc(I)c1)c1cnn(-c2ccccc2)n1. The largest absolute Gasteiger partial charge is 0.321 e. The van der Waals surface area contributed by atoms with Crippen molar-refractivity contribution in [3.8, 4) is 5.69 Å². The number of nitrogens with zero attached hydrogens (tertiary/aromatic N) is 3. The van der Waals surface area contributed by atoms with Gasteiger partial charge in [-0.1, -0.05) is 24.3 Å². The highest BCUT2D eigenvalue weighted by molar-refractivity contribution is 14.1. The molecule has 1 N–H and O–H groups in total. The van der Waals surface area contributed by atoms with Crippen molar-refractivity contribution in [1.82, 2.24) is 15.0 Å². The molecule has 21 heavy (non-hydrogen) atoms. The number of carbonyl (C=O) groups excluding carboxylic acids is 1. The molecule has 0 saturated carbocycles. The third-order valence-corrected chi connectivity index (χ3v) is 3.47.